The van der Waals surface area contributed by atoms with Crippen LogP contribution < -0.4 is 16.4 Å². The lowest BCUT2D eigenvalue weighted by Crippen LogP contribution is -2.16. The van der Waals surface area contributed by atoms with E-state index >= 15 is 0 Å². The molecule has 1 aromatic carbocycles. The summed E-state index contributed by atoms with van der Waals surface area (Å²) in [5.74, 6) is -0.535. The van der Waals surface area contributed by atoms with Crippen LogP contribution in [0.15, 0.2) is 24.3 Å². The van der Waals surface area contributed by atoms with E-state index in [0.29, 0.717) is 11.2 Å². The SMILES string of the molecule is CN(C)c1cc(C(N)=O)nc2ccc(N)cc12. The van der Waals surface area contributed by atoms with Gasteiger partial charge >= 0.3 is 0 Å². The van der Waals surface area contributed by atoms with Gasteiger partial charge in [-0.1, -0.05) is 0 Å². The van der Waals surface area contributed by atoms with Crippen LogP contribution in [0.25, 0.3) is 10.9 Å². The molecule has 1 heterocycles. The summed E-state index contributed by atoms with van der Waals surface area (Å²) in [5.41, 5.74) is 13.5. The van der Waals surface area contributed by atoms with Crippen molar-refractivity contribution in [3.63, 3.8) is 0 Å². The molecule has 1 amide bonds. The molecular formula is C12H14N4O. The normalized spacial score (nSPS) is 10.5. The number of benzene rings is 1. The van der Waals surface area contributed by atoms with Crippen molar-refractivity contribution in [1.29, 1.82) is 0 Å². The zero-order valence-electron chi connectivity index (χ0n) is 9.77. The highest BCUT2D eigenvalue weighted by Gasteiger charge is 2.10. The van der Waals surface area contributed by atoms with E-state index in [9.17, 15) is 4.79 Å². The molecule has 0 fully saturated rings. The van der Waals surface area contributed by atoms with Gasteiger partial charge < -0.3 is 16.4 Å². The second kappa shape index (κ2) is 3.93. The number of amides is 1. The van der Waals surface area contributed by atoms with E-state index in [4.69, 9.17) is 11.5 Å². The van der Waals surface area contributed by atoms with Gasteiger partial charge in [-0.15, -0.1) is 0 Å². The zero-order valence-corrected chi connectivity index (χ0v) is 9.77. The van der Waals surface area contributed by atoms with E-state index in [1.54, 1.807) is 18.2 Å². The molecule has 1 aromatic heterocycles. The van der Waals surface area contributed by atoms with E-state index in [0.717, 1.165) is 11.1 Å². The minimum Gasteiger partial charge on any atom is -0.399 e. The summed E-state index contributed by atoms with van der Waals surface area (Å²) in [5, 5.41) is 0.903. The van der Waals surface area contributed by atoms with E-state index in [1.165, 1.54) is 0 Å². The van der Waals surface area contributed by atoms with Crippen molar-refractivity contribution >= 4 is 28.2 Å². The topological polar surface area (TPSA) is 85.2 Å². The van der Waals surface area contributed by atoms with Gasteiger partial charge in [0.2, 0.25) is 0 Å². The first kappa shape index (κ1) is 11.2. The lowest BCUT2D eigenvalue weighted by atomic mass is 10.1. The van der Waals surface area contributed by atoms with Gasteiger partial charge in [-0.05, 0) is 24.3 Å². The van der Waals surface area contributed by atoms with Crippen LogP contribution in [0, 0.1) is 0 Å². The summed E-state index contributed by atoms with van der Waals surface area (Å²) in [6, 6.07) is 7.04. The molecule has 0 aliphatic rings. The van der Waals surface area contributed by atoms with E-state index in [1.807, 2.05) is 25.1 Å². The van der Waals surface area contributed by atoms with Crippen LogP contribution in [-0.2, 0) is 0 Å². The number of hydrogen-bond acceptors (Lipinski definition) is 4. The highest BCUT2D eigenvalue weighted by Crippen LogP contribution is 2.27. The van der Waals surface area contributed by atoms with Gasteiger partial charge in [0.15, 0.2) is 0 Å². The van der Waals surface area contributed by atoms with Crippen LogP contribution in [0.3, 0.4) is 0 Å². The number of pyridine rings is 1. The summed E-state index contributed by atoms with van der Waals surface area (Å²) in [7, 11) is 3.78. The number of nitrogens with two attached hydrogens (primary N) is 2. The zero-order chi connectivity index (χ0) is 12.6. The number of carbonyl (C=O) groups excluding carboxylic acids is 1. The number of nitrogen functional groups attached to an aromatic ring is 1. The fraction of sp³-hybridized carbons (Fsp3) is 0.167. The van der Waals surface area contributed by atoms with Crippen LogP contribution in [0.4, 0.5) is 11.4 Å². The van der Waals surface area contributed by atoms with Crippen molar-refractivity contribution in [3.8, 4) is 0 Å². The van der Waals surface area contributed by atoms with Gasteiger partial charge in [0.05, 0.1) is 5.52 Å². The lowest BCUT2D eigenvalue weighted by Gasteiger charge is -2.16. The molecule has 5 heteroatoms. The van der Waals surface area contributed by atoms with Crippen molar-refractivity contribution in [1.82, 2.24) is 4.98 Å². The Morgan fingerprint density at radius 3 is 2.59 bits per heavy atom. The van der Waals surface area contributed by atoms with Gasteiger partial charge in [-0.2, -0.15) is 0 Å². The molecule has 88 valence electrons. The molecule has 17 heavy (non-hydrogen) atoms. The predicted octanol–water partition coefficient (Wildman–Crippen LogP) is 0.982. The highest BCUT2D eigenvalue weighted by atomic mass is 16.1. The van der Waals surface area contributed by atoms with Crippen molar-refractivity contribution in [2.75, 3.05) is 24.7 Å². The average molecular weight is 230 g/mol. The second-order valence-electron chi connectivity index (χ2n) is 4.06. The molecule has 2 aromatic rings. The Morgan fingerprint density at radius 1 is 1.29 bits per heavy atom. The summed E-state index contributed by atoms with van der Waals surface area (Å²) in [4.78, 5) is 17.3. The third kappa shape index (κ3) is 1.99. The monoisotopic (exact) mass is 230 g/mol. The molecule has 5 nitrogen and oxygen atoms in total. The van der Waals surface area contributed by atoms with Crippen molar-refractivity contribution in [3.05, 3.63) is 30.0 Å². The van der Waals surface area contributed by atoms with Crippen LogP contribution in [-0.4, -0.2) is 25.0 Å². The molecule has 0 atom stereocenters. The van der Waals surface area contributed by atoms with Crippen molar-refractivity contribution in [2.24, 2.45) is 5.73 Å². The summed E-state index contributed by atoms with van der Waals surface area (Å²) in [6.45, 7) is 0. The number of carbonyl (C=O) groups is 1. The van der Waals surface area contributed by atoms with Gasteiger partial charge in [0.25, 0.3) is 5.91 Å². The summed E-state index contributed by atoms with van der Waals surface area (Å²) >= 11 is 0. The summed E-state index contributed by atoms with van der Waals surface area (Å²) in [6.07, 6.45) is 0. The third-order valence-electron chi connectivity index (χ3n) is 2.55. The fourth-order valence-corrected chi connectivity index (χ4v) is 1.72. The van der Waals surface area contributed by atoms with Crippen LogP contribution >= 0.6 is 0 Å². The molecule has 0 unspecified atom stereocenters. The van der Waals surface area contributed by atoms with E-state index in [2.05, 4.69) is 4.98 Å². The quantitative estimate of drug-likeness (QED) is 0.753. The lowest BCUT2D eigenvalue weighted by molar-refractivity contribution is 0.0996. The van der Waals surface area contributed by atoms with Gasteiger partial charge in [0.1, 0.15) is 5.69 Å². The number of primary amides is 1. The number of rotatable bonds is 2. The Labute approximate surface area is 99.0 Å². The van der Waals surface area contributed by atoms with E-state index < -0.39 is 5.91 Å². The van der Waals surface area contributed by atoms with Crippen molar-refractivity contribution in [2.45, 2.75) is 0 Å². The molecule has 4 N–H and O–H groups in total. The Hall–Kier alpha value is -2.30. The van der Waals surface area contributed by atoms with Gasteiger partial charge in [-0.3, -0.25) is 4.79 Å². The maximum absolute atomic E-state index is 11.2. The first-order chi connectivity index (χ1) is 7.99. The average Bonchev–Trinajstić information content (AvgIpc) is 2.27. The fourth-order valence-electron chi connectivity index (χ4n) is 1.72. The molecule has 0 saturated heterocycles. The van der Waals surface area contributed by atoms with Gasteiger partial charge in [-0.25, -0.2) is 4.98 Å². The molecule has 2 rings (SSSR count). The van der Waals surface area contributed by atoms with Crippen LogP contribution in [0.1, 0.15) is 10.5 Å². The molecule has 0 radical (unpaired) electrons. The summed E-state index contributed by atoms with van der Waals surface area (Å²) < 4.78 is 0. The first-order valence-corrected chi connectivity index (χ1v) is 5.16. The molecule has 0 saturated carbocycles. The smallest absolute Gasteiger partial charge is 0.267 e. The Morgan fingerprint density at radius 2 is 2.00 bits per heavy atom. The third-order valence-corrected chi connectivity index (χ3v) is 2.55. The maximum atomic E-state index is 11.2. The number of fused-ring (bicyclic) bond motifs is 1. The predicted molar refractivity (Wildman–Crippen MR) is 69.0 cm³/mol. The number of aromatic nitrogens is 1. The standard InChI is InChI=1S/C12H14N4O/c1-16(2)11-6-10(12(14)17)15-9-4-3-7(13)5-8(9)11/h3-6H,13H2,1-2H3,(H2,14,17). The molecule has 0 aliphatic carbocycles. The largest absolute Gasteiger partial charge is 0.399 e. The van der Waals surface area contributed by atoms with Gasteiger partial charge in [0, 0.05) is 30.9 Å². The Bertz CT molecular complexity index is 592. The first-order valence-electron chi connectivity index (χ1n) is 5.16. The van der Waals surface area contributed by atoms with Crippen LogP contribution in [0.2, 0.25) is 0 Å². The minimum absolute atomic E-state index is 0.256. The Kier molecular flexibility index (Phi) is 2.59. The Balaban J connectivity index is 2.81. The number of hydrogen-bond donors (Lipinski definition) is 2. The molecule has 0 aliphatic heterocycles. The number of nitrogens with zero attached hydrogens (tertiary/aromatic N) is 2. The number of anilines is 2. The van der Waals surface area contributed by atoms with Crippen molar-refractivity contribution < 1.29 is 4.79 Å². The van der Waals surface area contributed by atoms with Crippen LogP contribution in [0.5, 0.6) is 0 Å². The molecule has 0 bridgehead atoms. The minimum atomic E-state index is -0.535. The molecule has 0 spiro atoms. The van der Waals surface area contributed by atoms with E-state index in [-0.39, 0.29) is 5.69 Å². The second-order valence-corrected chi connectivity index (χ2v) is 4.06. The maximum Gasteiger partial charge on any atom is 0.267 e. The molecular weight excluding hydrogens is 216 g/mol. The highest BCUT2D eigenvalue weighted by molar-refractivity contribution is 6.00.